The van der Waals surface area contributed by atoms with Crippen molar-refractivity contribution in [1.82, 2.24) is 10.6 Å². The van der Waals surface area contributed by atoms with Gasteiger partial charge in [-0.25, -0.2) is 8.78 Å². The van der Waals surface area contributed by atoms with Gasteiger partial charge in [0.05, 0.1) is 11.3 Å². The van der Waals surface area contributed by atoms with Crippen LogP contribution in [0.25, 0.3) is 0 Å². The minimum absolute atomic E-state index is 0.138. The van der Waals surface area contributed by atoms with E-state index in [1.807, 2.05) is 0 Å². The number of carbonyl (C=O) groups excluding carboxylic acids is 2. The first kappa shape index (κ1) is 20.8. The maximum atomic E-state index is 13.6. The molecule has 0 bridgehead atoms. The van der Waals surface area contributed by atoms with Crippen molar-refractivity contribution >= 4 is 28.7 Å². The Bertz CT molecular complexity index is 729. The molecule has 0 radical (unpaired) electrons. The van der Waals surface area contributed by atoms with Gasteiger partial charge < -0.3 is 10.6 Å². The number of halogens is 2. The van der Waals surface area contributed by atoms with Crippen LogP contribution in [0.3, 0.4) is 0 Å². The molecule has 0 spiro atoms. The van der Waals surface area contributed by atoms with Crippen LogP contribution in [0.4, 0.5) is 8.78 Å². The molecule has 1 atom stereocenters. The van der Waals surface area contributed by atoms with Gasteiger partial charge in [-0.05, 0) is 31.4 Å². The van der Waals surface area contributed by atoms with Crippen LogP contribution in [-0.4, -0.2) is 34.8 Å². The number of nitrogens with one attached hydrogen (secondary N) is 2. The first-order valence-electron chi connectivity index (χ1n) is 9.82. The number of hydrogen-bond donors (Lipinski definition) is 2. The van der Waals surface area contributed by atoms with Gasteiger partial charge in [0.1, 0.15) is 17.2 Å². The van der Waals surface area contributed by atoms with Gasteiger partial charge >= 0.3 is 0 Å². The average molecular weight is 410 g/mol. The van der Waals surface area contributed by atoms with Crippen molar-refractivity contribution in [3.05, 3.63) is 35.4 Å². The second-order valence-corrected chi connectivity index (χ2v) is 8.36. The summed E-state index contributed by atoms with van der Waals surface area (Å²) in [6, 6.07) is 3.54. The van der Waals surface area contributed by atoms with Gasteiger partial charge in [-0.1, -0.05) is 49.9 Å². The lowest BCUT2D eigenvalue weighted by Gasteiger charge is -2.16. The number of hydrogen-bond acceptors (Lipinski definition) is 4. The molecule has 0 aromatic heterocycles. The summed E-state index contributed by atoms with van der Waals surface area (Å²) in [5.74, 6) is -2.76. The zero-order chi connectivity index (χ0) is 19.9. The van der Waals surface area contributed by atoms with Crippen LogP contribution in [0.2, 0.25) is 0 Å². The van der Waals surface area contributed by atoms with E-state index < -0.39 is 23.1 Å². The van der Waals surface area contributed by atoms with E-state index in [2.05, 4.69) is 10.6 Å². The largest absolute Gasteiger partial charge is 0.352 e. The third-order valence-corrected chi connectivity index (χ3v) is 6.20. The molecular weight excluding hydrogens is 384 g/mol. The Labute approximate surface area is 167 Å². The number of amides is 2. The monoisotopic (exact) mass is 409 g/mol. The zero-order valence-corrected chi connectivity index (χ0v) is 16.5. The van der Waals surface area contributed by atoms with Crippen molar-refractivity contribution in [3.8, 4) is 0 Å². The Kier molecular flexibility index (Phi) is 7.42. The first-order valence-corrected chi connectivity index (χ1v) is 10.7. The summed E-state index contributed by atoms with van der Waals surface area (Å²) in [7, 11) is 0. The highest BCUT2D eigenvalue weighted by Crippen LogP contribution is 2.25. The number of aliphatic imine (C=N–C) groups is 1. The quantitative estimate of drug-likeness (QED) is 0.777. The molecule has 8 heteroatoms. The first-order chi connectivity index (χ1) is 13.5. The smallest absolute Gasteiger partial charge is 0.257 e. The van der Waals surface area contributed by atoms with E-state index in [-0.39, 0.29) is 23.7 Å². The van der Waals surface area contributed by atoms with Gasteiger partial charge in [0.2, 0.25) is 5.91 Å². The van der Waals surface area contributed by atoms with Crippen molar-refractivity contribution < 1.29 is 18.4 Å². The highest BCUT2D eigenvalue weighted by molar-refractivity contribution is 8.15. The van der Waals surface area contributed by atoms with Crippen molar-refractivity contribution in [2.45, 2.75) is 62.7 Å². The van der Waals surface area contributed by atoms with E-state index in [1.54, 1.807) is 0 Å². The molecular formula is C20H25F2N3O2S. The molecule has 1 saturated heterocycles. The number of amidine groups is 1. The predicted molar refractivity (Wildman–Crippen MR) is 106 cm³/mol. The predicted octanol–water partition coefficient (Wildman–Crippen LogP) is 3.79. The Morgan fingerprint density at radius 1 is 1.14 bits per heavy atom. The molecule has 1 aromatic carbocycles. The summed E-state index contributed by atoms with van der Waals surface area (Å²) in [6.45, 7) is 0.147. The lowest BCUT2D eigenvalue weighted by atomic mass is 9.97. The maximum absolute atomic E-state index is 13.6. The van der Waals surface area contributed by atoms with Gasteiger partial charge in [-0.2, -0.15) is 0 Å². The average Bonchev–Trinajstić information content (AvgIpc) is 2.96. The maximum Gasteiger partial charge on any atom is 0.257 e. The van der Waals surface area contributed by atoms with Crippen molar-refractivity contribution in [2.75, 3.05) is 6.54 Å². The fourth-order valence-electron chi connectivity index (χ4n) is 3.51. The molecule has 2 aliphatic rings. The minimum Gasteiger partial charge on any atom is -0.352 e. The SMILES string of the molecule is O=C(NCCC1SC(=NC2CCCCCCC2)NC1=O)c1c(F)cccc1F. The second-order valence-electron chi connectivity index (χ2n) is 7.17. The highest BCUT2D eigenvalue weighted by Gasteiger charge is 2.30. The Balaban J connectivity index is 1.49. The molecule has 1 unspecified atom stereocenters. The van der Waals surface area contributed by atoms with Gasteiger partial charge in [-0.3, -0.25) is 14.6 Å². The van der Waals surface area contributed by atoms with E-state index in [0.29, 0.717) is 11.6 Å². The van der Waals surface area contributed by atoms with Crippen molar-refractivity contribution in [3.63, 3.8) is 0 Å². The molecule has 1 heterocycles. The van der Waals surface area contributed by atoms with Crippen LogP contribution >= 0.6 is 11.8 Å². The Morgan fingerprint density at radius 3 is 2.46 bits per heavy atom. The summed E-state index contributed by atoms with van der Waals surface area (Å²) in [5, 5.41) is 5.59. The summed E-state index contributed by atoms with van der Waals surface area (Å²) in [5.41, 5.74) is -0.599. The van der Waals surface area contributed by atoms with E-state index in [9.17, 15) is 18.4 Å². The molecule has 2 amide bonds. The normalized spacial score (nSPS) is 22.6. The van der Waals surface area contributed by atoms with Gasteiger partial charge in [0.15, 0.2) is 5.17 Å². The number of thioether (sulfide) groups is 1. The van der Waals surface area contributed by atoms with Crippen LogP contribution in [0, 0.1) is 11.6 Å². The summed E-state index contributed by atoms with van der Waals surface area (Å²) < 4.78 is 27.3. The Hall–Kier alpha value is -1.96. The lowest BCUT2D eigenvalue weighted by Crippen LogP contribution is -2.31. The van der Waals surface area contributed by atoms with Crippen LogP contribution in [0.15, 0.2) is 23.2 Å². The standard InChI is InChI=1S/C20H25F2N3O2S/c21-14-9-6-10-15(22)17(14)19(27)23-12-11-16-18(26)25-20(28-16)24-13-7-4-2-1-3-5-8-13/h6,9-10,13,16H,1-5,7-8,11-12H2,(H,23,27)(H,24,25,26). The number of rotatable bonds is 5. The second kappa shape index (κ2) is 10.0. The van der Waals surface area contributed by atoms with Gasteiger partial charge in [0, 0.05) is 6.54 Å². The Morgan fingerprint density at radius 2 is 1.79 bits per heavy atom. The highest BCUT2D eigenvalue weighted by atomic mass is 32.2. The third kappa shape index (κ3) is 5.53. The summed E-state index contributed by atoms with van der Waals surface area (Å²) >= 11 is 1.37. The molecule has 5 nitrogen and oxygen atoms in total. The molecule has 1 aromatic rings. The molecule has 3 rings (SSSR count). The fourth-order valence-corrected chi connectivity index (χ4v) is 4.55. The van der Waals surface area contributed by atoms with E-state index >= 15 is 0 Å². The third-order valence-electron chi connectivity index (χ3n) is 5.03. The summed E-state index contributed by atoms with van der Waals surface area (Å²) in [6.07, 6.45) is 8.58. The molecule has 2 fully saturated rings. The van der Waals surface area contributed by atoms with Gasteiger partial charge in [-0.15, -0.1) is 0 Å². The minimum atomic E-state index is -0.904. The van der Waals surface area contributed by atoms with Crippen LogP contribution < -0.4 is 10.6 Å². The van der Waals surface area contributed by atoms with E-state index in [0.717, 1.165) is 25.0 Å². The molecule has 1 aliphatic carbocycles. The van der Waals surface area contributed by atoms with Gasteiger partial charge in [0.25, 0.3) is 5.91 Å². The van der Waals surface area contributed by atoms with Crippen molar-refractivity contribution in [2.24, 2.45) is 4.99 Å². The van der Waals surface area contributed by atoms with Crippen LogP contribution in [-0.2, 0) is 4.79 Å². The van der Waals surface area contributed by atoms with Crippen LogP contribution in [0.1, 0.15) is 61.7 Å². The molecule has 28 heavy (non-hydrogen) atoms. The topological polar surface area (TPSA) is 70.6 Å². The molecule has 2 N–H and O–H groups in total. The molecule has 1 aliphatic heterocycles. The van der Waals surface area contributed by atoms with E-state index in [4.69, 9.17) is 4.99 Å². The molecule has 1 saturated carbocycles. The van der Waals surface area contributed by atoms with Crippen molar-refractivity contribution in [1.29, 1.82) is 0 Å². The van der Waals surface area contributed by atoms with E-state index in [1.165, 1.54) is 49.9 Å². The zero-order valence-electron chi connectivity index (χ0n) is 15.7. The molecule has 152 valence electrons. The number of benzene rings is 1. The number of carbonyl (C=O) groups is 2. The number of nitrogens with zero attached hydrogens (tertiary/aromatic N) is 1. The lowest BCUT2D eigenvalue weighted by molar-refractivity contribution is -0.118. The van der Waals surface area contributed by atoms with Crippen LogP contribution in [0.5, 0.6) is 0 Å². The fraction of sp³-hybridized carbons (Fsp3) is 0.550. The summed E-state index contributed by atoms with van der Waals surface area (Å²) in [4.78, 5) is 28.9.